The van der Waals surface area contributed by atoms with Gasteiger partial charge in [0.05, 0.1) is 18.1 Å². The lowest BCUT2D eigenvalue weighted by Gasteiger charge is -2.01. The molecule has 2 aromatic rings. The highest BCUT2D eigenvalue weighted by Crippen LogP contribution is 2.21. The van der Waals surface area contributed by atoms with Gasteiger partial charge in [-0.3, -0.25) is 9.78 Å². The molecule has 0 unspecified atom stereocenters. The van der Waals surface area contributed by atoms with Crippen molar-refractivity contribution >= 4 is 35.0 Å². The van der Waals surface area contributed by atoms with E-state index in [1.807, 2.05) is 6.26 Å². The Morgan fingerprint density at radius 2 is 2.37 bits per heavy atom. The third-order valence-electron chi connectivity index (χ3n) is 2.26. The summed E-state index contributed by atoms with van der Waals surface area (Å²) < 4.78 is 1.47. The number of hydrogen-bond donors (Lipinski definition) is 1. The zero-order valence-corrected chi connectivity index (χ0v) is 11.8. The lowest BCUT2D eigenvalue weighted by molar-refractivity contribution is -0.115. The lowest BCUT2D eigenvalue weighted by Crippen LogP contribution is -2.11. The van der Waals surface area contributed by atoms with Crippen LogP contribution in [0.25, 0.3) is 5.82 Å². The molecule has 0 aromatic carbocycles. The molecular weight excluding hydrogens is 286 g/mol. The minimum atomic E-state index is -0.0880. The maximum absolute atomic E-state index is 11.6. The fourth-order valence-corrected chi connectivity index (χ4v) is 1.94. The van der Waals surface area contributed by atoms with Gasteiger partial charge in [0.25, 0.3) is 0 Å². The summed E-state index contributed by atoms with van der Waals surface area (Å²) >= 11 is 7.59. The number of rotatable bonds is 5. The zero-order valence-electron chi connectivity index (χ0n) is 10.2. The minimum Gasteiger partial charge on any atom is -0.322 e. The van der Waals surface area contributed by atoms with Crippen LogP contribution in [0.1, 0.15) is 6.42 Å². The molecule has 0 saturated carbocycles. The van der Waals surface area contributed by atoms with Crippen molar-refractivity contribution in [3.8, 4) is 5.82 Å². The van der Waals surface area contributed by atoms with Gasteiger partial charge in [0.15, 0.2) is 11.0 Å². The summed E-state index contributed by atoms with van der Waals surface area (Å²) in [6.07, 6.45) is 8.69. The Morgan fingerprint density at radius 3 is 3.05 bits per heavy atom. The average Bonchev–Trinajstić information content (AvgIpc) is 2.79. The first-order valence-electron chi connectivity index (χ1n) is 5.51. The van der Waals surface area contributed by atoms with Crippen molar-refractivity contribution in [2.24, 2.45) is 0 Å². The first kappa shape index (κ1) is 13.8. The smallest absolute Gasteiger partial charge is 0.225 e. The number of carbonyl (C=O) groups excluding carboxylic acids is 1. The van der Waals surface area contributed by atoms with E-state index in [4.69, 9.17) is 11.6 Å². The number of nitrogens with zero attached hydrogens (tertiary/aromatic N) is 4. The number of aromatic nitrogens is 4. The third-order valence-corrected chi connectivity index (χ3v) is 3.15. The molecule has 0 fully saturated rings. The van der Waals surface area contributed by atoms with Gasteiger partial charge in [0.2, 0.25) is 5.91 Å². The SMILES string of the molecule is CSCCC(=O)Nc1cn(-c2cnccn2)nc1Cl. The van der Waals surface area contributed by atoms with E-state index in [1.165, 1.54) is 4.68 Å². The molecule has 2 aromatic heterocycles. The van der Waals surface area contributed by atoms with E-state index in [-0.39, 0.29) is 11.1 Å². The van der Waals surface area contributed by atoms with Crippen LogP contribution in [0.2, 0.25) is 5.15 Å². The zero-order chi connectivity index (χ0) is 13.7. The summed E-state index contributed by atoms with van der Waals surface area (Å²) in [6, 6.07) is 0. The number of halogens is 1. The van der Waals surface area contributed by atoms with E-state index in [2.05, 4.69) is 20.4 Å². The van der Waals surface area contributed by atoms with Gasteiger partial charge in [0, 0.05) is 24.6 Å². The van der Waals surface area contributed by atoms with Crippen LogP contribution < -0.4 is 5.32 Å². The van der Waals surface area contributed by atoms with Crippen molar-refractivity contribution in [1.29, 1.82) is 0 Å². The molecule has 6 nitrogen and oxygen atoms in total. The van der Waals surface area contributed by atoms with Crippen LogP contribution in [0.4, 0.5) is 5.69 Å². The minimum absolute atomic E-state index is 0.0880. The first-order valence-corrected chi connectivity index (χ1v) is 7.28. The standard InChI is InChI=1S/C11H12ClN5OS/c1-19-5-2-10(18)15-8-7-17(16-11(8)12)9-6-13-3-4-14-9/h3-4,6-7H,2,5H2,1H3,(H,15,18). The monoisotopic (exact) mass is 297 g/mol. The van der Waals surface area contributed by atoms with Gasteiger partial charge in [-0.2, -0.15) is 16.9 Å². The van der Waals surface area contributed by atoms with Crippen molar-refractivity contribution in [2.75, 3.05) is 17.3 Å². The van der Waals surface area contributed by atoms with E-state index < -0.39 is 0 Å². The summed E-state index contributed by atoms with van der Waals surface area (Å²) in [5.74, 6) is 1.21. The Bertz CT molecular complexity index is 559. The number of thioether (sulfide) groups is 1. The Morgan fingerprint density at radius 1 is 1.53 bits per heavy atom. The molecule has 19 heavy (non-hydrogen) atoms. The van der Waals surface area contributed by atoms with Gasteiger partial charge in [0.1, 0.15) is 0 Å². The molecule has 0 saturated heterocycles. The lowest BCUT2D eigenvalue weighted by atomic mass is 10.4. The van der Waals surface area contributed by atoms with Crippen LogP contribution in [0.5, 0.6) is 0 Å². The molecule has 0 bridgehead atoms. The number of hydrogen-bond acceptors (Lipinski definition) is 5. The van der Waals surface area contributed by atoms with E-state index in [9.17, 15) is 4.79 Å². The predicted molar refractivity (Wildman–Crippen MR) is 75.8 cm³/mol. The first-order chi connectivity index (χ1) is 9.20. The Labute approximate surface area is 119 Å². The quantitative estimate of drug-likeness (QED) is 0.914. The molecule has 8 heteroatoms. The fraction of sp³-hybridized carbons (Fsp3) is 0.273. The van der Waals surface area contributed by atoms with Crippen LogP contribution in [-0.2, 0) is 4.79 Å². The molecule has 0 aliphatic rings. The summed E-state index contributed by atoms with van der Waals surface area (Å²) in [4.78, 5) is 19.7. The molecule has 2 rings (SSSR count). The summed E-state index contributed by atoms with van der Waals surface area (Å²) in [5, 5.41) is 7.02. The molecule has 1 N–H and O–H groups in total. The molecule has 0 spiro atoms. The molecular formula is C11H12ClN5OS. The summed E-state index contributed by atoms with van der Waals surface area (Å²) in [7, 11) is 0. The second-order valence-electron chi connectivity index (χ2n) is 3.63. The normalized spacial score (nSPS) is 10.4. The van der Waals surface area contributed by atoms with E-state index in [0.29, 0.717) is 17.9 Å². The average molecular weight is 298 g/mol. The highest BCUT2D eigenvalue weighted by molar-refractivity contribution is 7.98. The van der Waals surface area contributed by atoms with Crippen LogP contribution in [0.15, 0.2) is 24.8 Å². The van der Waals surface area contributed by atoms with E-state index in [1.54, 1.807) is 36.5 Å². The molecule has 0 aliphatic carbocycles. The molecule has 2 heterocycles. The maximum Gasteiger partial charge on any atom is 0.225 e. The summed E-state index contributed by atoms with van der Waals surface area (Å²) in [6.45, 7) is 0. The van der Waals surface area contributed by atoms with Gasteiger partial charge in [-0.15, -0.1) is 0 Å². The Kier molecular flexibility index (Phi) is 4.75. The summed E-state index contributed by atoms with van der Waals surface area (Å²) in [5.41, 5.74) is 0.471. The van der Waals surface area contributed by atoms with Gasteiger partial charge in [-0.05, 0) is 6.26 Å². The van der Waals surface area contributed by atoms with Crippen LogP contribution in [-0.4, -0.2) is 37.7 Å². The predicted octanol–water partition coefficient (Wildman–Crippen LogP) is 2.01. The largest absolute Gasteiger partial charge is 0.322 e. The molecule has 1 amide bonds. The number of nitrogens with one attached hydrogen (secondary N) is 1. The number of carbonyl (C=O) groups is 1. The molecule has 100 valence electrons. The fourth-order valence-electron chi connectivity index (χ4n) is 1.37. The van der Waals surface area contributed by atoms with Gasteiger partial charge in [-0.1, -0.05) is 11.6 Å². The van der Waals surface area contributed by atoms with E-state index >= 15 is 0 Å². The van der Waals surface area contributed by atoms with Gasteiger partial charge >= 0.3 is 0 Å². The number of anilines is 1. The van der Waals surface area contributed by atoms with Crippen molar-refractivity contribution in [3.63, 3.8) is 0 Å². The topological polar surface area (TPSA) is 72.7 Å². The van der Waals surface area contributed by atoms with Gasteiger partial charge < -0.3 is 5.32 Å². The van der Waals surface area contributed by atoms with Crippen LogP contribution in [0, 0.1) is 0 Å². The number of amides is 1. The highest BCUT2D eigenvalue weighted by Gasteiger charge is 2.11. The highest BCUT2D eigenvalue weighted by atomic mass is 35.5. The van der Waals surface area contributed by atoms with Crippen molar-refractivity contribution in [3.05, 3.63) is 29.9 Å². The molecule has 0 radical (unpaired) electrons. The second kappa shape index (κ2) is 6.53. The van der Waals surface area contributed by atoms with Crippen LogP contribution >= 0.6 is 23.4 Å². The van der Waals surface area contributed by atoms with Crippen molar-refractivity contribution in [2.45, 2.75) is 6.42 Å². The van der Waals surface area contributed by atoms with Crippen molar-refractivity contribution in [1.82, 2.24) is 19.7 Å². The molecule has 0 aliphatic heterocycles. The maximum atomic E-state index is 11.6. The van der Waals surface area contributed by atoms with E-state index in [0.717, 1.165) is 5.75 Å². The third kappa shape index (κ3) is 3.68. The van der Waals surface area contributed by atoms with Crippen LogP contribution in [0.3, 0.4) is 0 Å². The van der Waals surface area contributed by atoms with Gasteiger partial charge in [-0.25, -0.2) is 9.67 Å². The Hall–Kier alpha value is -1.60. The second-order valence-corrected chi connectivity index (χ2v) is 4.98. The molecule has 0 atom stereocenters. The Balaban J connectivity index is 2.11. The van der Waals surface area contributed by atoms with Crippen molar-refractivity contribution < 1.29 is 4.79 Å².